The average molecular weight is 911 g/mol. The number of rotatable bonds is 10. The second-order valence-electron chi connectivity index (χ2n) is 16.1. The summed E-state index contributed by atoms with van der Waals surface area (Å²) in [6.07, 6.45) is 7.87. The van der Waals surface area contributed by atoms with E-state index in [9.17, 15) is 9.90 Å². The predicted octanol–water partition coefficient (Wildman–Crippen LogP) is 14.4. The summed E-state index contributed by atoms with van der Waals surface area (Å²) >= 11 is 3.83. The van der Waals surface area contributed by atoms with Crippen molar-refractivity contribution < 1.29 is 30.0 Å². The SMILES string of the molecule is CC(C)Cc1cc2ccc3sc4c(-c5[c-]c6ccccc6c(C(C)(C)C)c5)nccc4c3c2s1.CCC(C)(CC)C(=O)/C=C(\O)C(C)(CC)CC.[Ir]. The summed E-state index contributed by atoms with van der Waals surface area (Å²) in [6, 6.07) is 23.8. The zero-order valence-corrected chi connectivity index (χ0v) is 36.9. The summed E-state index contributed by atoms with van der Waals surface area (Å²) < 4.78 is 4.01. The molecular weight excluding hydrogens is 855 g/mol. The van der Waals surface area contributed by atoms with E-state index in [1.165, 1.54) is 52.2 Å². The molecule has 6 heteroatoms. The van der Waals surface area contributed by atoms with Crippen LogP contribution in [0.2, 0.25) is 0 Å². The molecule has 3 aromatic heterocycles. The minimum atomic E-state index is -0.337. The standard InChI is InChI=1S/C31H28NS2.C15H28O2.Ir/c1-18(2)14-22-16-20-10-11-26-27(29(20)33-22)24-12-13-32-28(30(24)34-26)21-15-19-8-6-7-9-23(19)25(17-21)31(3,4)5;1-7-14(5,8-2)12(16)11-13(17)15(6,9-3)10-4;/h6-13,16-18H,14H2,1-5H3;11,16H,7-10H2,1-6H3;/q-1;;/b;12-11-;. The molecule has 3 heterocycles. The number of carbonyl (C=O) groups excluding carboxylic acids is 1. The maximum atomic E-state index is 12.2. The first-order valence-corrected chi connectivity index (χ1v) is 20.4. The molecular formula is C46H56IrNO2S2-. The average Bonchev–Trinajstić information content (AvgIpc) is 3.70. The van der Waals surface area contributed by atoms with Crippen LogP contribution in [0.3, 0.4) is 0 Å². The van der Waals surface area contributed by atoms with Gasteiger partial charge in [-0.25, -0.2) is 0 Å². The first-order chi connectivity index (χ1) is 24.1. The number of carbonyl (C=O) groups is 1. The van der Waals surface area contributed by atoms with Crippen molar-refractivity contribution >= 4 is 69.5 Å². The van der Waals surface area contributed by atoms with E-state index in [1.807, 2.05) is 70.4 Å². The molecule has 0 amide bonds. The molecule has 52 heavy (non-hydrogen) atoms. The molecule has 3 nitrogen and oxygen atoms in total. The summed E-state index contributed by atoms with van der Waals surface area (Å²) in [7, 11) is 0. The number of hydrogen-bond acceptors (Lipinski definition) is 5. The van der Waals surface area contributed by atoms with Crippen molar-refractivity contribution in [3.8, 4) is 11.3 Å². The summed E-state index contributed by atoms with van der Waals surface area (Å²) in [5.41, 5.74) is 2.91. The van der Waals surface area contributed by atoms with Crippen LogP contribution in [0.4, 0.5) is 0 Å². The molecule has 0 unspecified atom stereocenters. The molecule has 0 aliphatic rings. The Morgan fingerprint density at radius 2 is 1.50 bits per heavy atom. The van der Waals surface area contributed by atoms with Gasteiger partial charge in [-0.3, -0.25) is 9.78 Å². The first kappa shape index (κ1) is 41.9. The normalized spacial score (nSPS) is 12.8. The number of ketones is 1. The van der Waals surface area contributed by atoms with Crippen molar-refractivity contribution in [3.63, 3.8) is 0 Å². The number of aromatic nitrogens is 1. The van der Waals surface area contributed by atoms with E-state index in [4.69, 9.17) is 4.98 Å². The largest absolute Gasteiger partial charge is 0.512 e. The van der Waals surface area contributed by atoms with E-state index in [-0.39, 0.29) is 47.9 Å². The molecule has 0 bridgehead atoms. The molecule has 0 saturated heterocycles. The van der Waals surface area contributed by atoms with E-state index < -0.39 is 0 Å². The molecule has 0 aliphatic heterocycles. The molecule has 1 N–H and O–H groups in total. The molecule has 279 valence electrons. The van der Waals surface area contributed by atoms with Crippen LogP contribution in [-0.4, -0.2) is 15.9 Å². The Kier molecular flexibility index (Phi) is 13.4. The van der Waals surface area contributed by atoms with Gasteiger partial charge in [0.15, 0.2) is 5.78 Å². The molecule has 1 radical (unpaired) electrons. The van der Waals surface area contributed by atoms with Gasteiger partial charge in [-0.2, -0.15) is 0 Å². The number of allylic oxidation sites excluding steroid dienone is 2. The van der Waals surface area contributed by atoms with Crippen molar-refractivity contribution in [1.29, 1.82) is 0 Å². The quantitative estimate of drug-likeness (QED) is 0.0846. The number of hydrogen-bond donors (Lipinski definition) is 1. The Morgan fingerprint density at radius 1 is 0.846 bits per heavy atom. The summed E-state index contributed by atoms with van der Waals surface area (Å²) in [5, 5.41) is 16.6. The third-order valence-corrected chi connectivity index (χ3v) is 13.5. The Morgan fingerprint density at radius 3 is 2.12 bits per heavy atom. The third-order valence-electron chi connectivity index (χ3n) is 11.1. The van der Waals surface area contributed by atoms with Gasteiger partial charge in [0, 0.05) is 73.3 Å². The summed E-state index contributed by atoms with van der Waals surface area (Å²) in [6.45, 7) is 23.5. The van der Waals surface area contributed by atoms with Gasteiger partial charge in [0.1, 0.15) is 5.76 Å². The minimum absolute atomic E-state index is 0. The molecule has 0 fully saturated rings. The van der Waals surface area contributed by atoms with Crippen LogP contribution in [-0.2, 0) is 36.7 Å². The Labute approximate surface area is 333 Å². The van der Waals surface area contributed by atoms with E-state index in [0.717, 1.165) is 48.7 Å². The molecule has 0 spiro atoms. The van der Waals surface area contributed by atoms with Crippen LogP contribution >= 0.6 is 22.7 Å². The van der Waals surface area contributed by atoms with Crippen LogP contribution in [0.25, 0.3) is 52.3 Å². The zero-order chi connectivity index (χ0) is 37.3. The van der Waals surface area contributed by atoms with E-state index in [1.54, 1.807) is 0 Å². The molecule has 0 saturated carbocycles. The van der Waals surface area contributed by atoms with Crippen molar-refractivity contribution in [3.05, 3.63) is 89.1 Å². The maximum absolute atomic E-state index is 12.2. The molecule has 3 aromatic carbocycles. The fraction of sp³-hybridized carbons (Fsp3) is 0.435. The number of benzene rings is 3. The van der Waals surface area contributed by atoms with E-state index in [2.05, 4.69) is 95.3 Å². The second-order valence-corrected chi connectivity index (χ2v) is 18.3. The third kappa shape index (κ3) is 8.41. The van der Waals surface area contributed by atoms with Gasteiger partial charge < -0.3 is 5.11 Å². The first-order valence-electron chi connectivity index (χ1n) is 18.7. The number of nitrogens with zero attached hydrogens (tertiary/aromatic N) is 1. The van der Waals surface area contributed by atoms with E-state index >= 15 is 0 Å². The second kappa shape index (κ2) is 16.6. The van der Waals surface area contributed by atoms with Gasteiger partial charge in [0.05, 0.1) is 0 Å². The van der Waals surface area contributed by atoms with Crippen LogP contribution in [0.1, 0.15) is 112 Å². The van der Waals surface area contributed by atoms with Gasteiger partial charge in [0.25, 0.3) is 0 Å². The smallest absolute Gasteiger partial charge is 0.164 e. The fourth-order valence-corrected chi connectivity index (χ4v) is 9.40. The van der Waals surface area contributed by atoms with Gasteiger partial charge in [-0.1, -0.05) is 111 Å². The van der Waals surface area contributed by atoms with E-state index in [0.29, 0.717) is 5.92 Å². The van der Waals surface area contributed by atoms with Crippen LogP contribution in [0.5, 0.6) is 0 Å². The molecule has 6 rings (SSSR count). The van der Waals surface area contributed by atoms with Crippen molar-refractivity contribution in [2.24, 2.45) is 16.7 Å². The van der Waals surface area contributed by atoms with Crippen molar-refractivity contribution in [2.75, 3.05) is 0 Å². The van der Waals surface area contributed by atoms with Crippen LogP contribution in [0, 0.1) is 22.8 Å². The molecule has 6 aromatic rings. The Balaban J connectivity index is 0.000000289. The van der Waals surface area contributed by atoms with Crippen LogP contribution in [0.15, 0.2) is 72.6 Å². The van der Waals surface area contributed by atoms with Crippen molar-refractivity contribution in [1.82, 2.24) is 4.98 Å². The number of aliphatic hydroxyl groups is 1. The van der Waals surface area contributed by atoms with Crippen molar-refractivity contribution in [2.45, 2.75) is 114 Å². The minimum Gasteiger partial charge on any atom is -0.512 e. The summed E-state index contributed by atoms with van der Waals surface area (Å²) in [5.74, 6) is 0.952. The summed E-state index contributed by atoms with van der Waals surface area (Å²) in [4.78, 5) is 18.6. The molecule has 0 atom stereocenters. The number of aliphatic hydroxyl groups excluding tert-OH is 1. The maximum Gasteiger partial charge on any atom is 0.164 e. The Bertz CT molecular complexity index is 2210. The predicted molar refractivity (Wildman–Crippen MR) is 225 cm³/mol. The topological polar surface area (TPSA) is 50.2 Å². The zero-order valence-electron chi connectivity index (χ0n) is 32.9. The fourth-order valence-electron chi connectivity index (χ4n) is 6.69. The number of thiophene rings is 2. The van der Waals surface area contributed by atoms with Gasteiger partial charge in [-0.15, -0.1) is 51.8 Å². The van der Waals surface area contributed by atoms with Gasteiger partial charge >= 0.3 is 0 Å². The number of pyridine rings is 1. The molecule has 0 aliphatic carbocycles. The van der Waals surface area contributed by atoms with Gasteiger partial charge in [0.2, 0.25) is 0 Å². The monoisotopic (exact) mass is 911 g/mol. The van der Waals surface area contributed by atoms with Crippen LogP contribution < -0.4 is 0 Å². The Hall–Kier alpha value is -2.89. The van der Waals surface area contributed by atoms with Gasteiger partial charge in [-0.05, 0) is 72.4 Å². The number of fused-ring (bicyclic) bond motifs is 6.